The summed E-state index contributed by atoms with van der Waals surface area (Å²) in [6, 6.07) is 31.2. The van der Waals surface area contributed by atoms with Gasteiger partial charge in [-0.25, -0.2) is 4.98 Å². The number of rotatable bonds is 7. The Bertz CT molecular complexity index is 2290. The van der Waals surface area contributed by atoms with E-state index in [0.717, 1.165) is 84.0 Å². The molecule has 0 aliphatic carbocycles. The molecule has 0 saturated heterocycles. The van der Waals surface area contributed by atoms with Crippen LogP contribution in [0.5, 0.6) is 23.0 Å². The quantitative estimate of drug-likeness (QED) is 0.122. The van der Waals surface area contributed by atoms with E-state index in [1.54, 1.807) is 14.2 Å². The number of aryl methyl sites for hydroxylation is 3. The first-order valence-electron chi connectivity index (χ1n) is 15.2. The van der Waals surface area contributed by atoms with Crippen LogP contribution in [-0.2, 0) is 20.4 Å². The fourth-order valence-corrected chi connectivity index (χ4v) is 6.30. The van der Waals surface area contributed by atoms with Gasteiger partial charge in [-0.05, 0) is 86.6 Å². The predicted octanol–water partition coefficient (Wildman–Crippen LogP) is 8.98. The molecule has 0 radical (unpaired) electrons. The Labute approximate surface area is 288 Å². The Morgan fingerprint density at radius 2 is 1.53 bits per heavy atom. The van der Waals surface area contributed by atoms with Gasteiger partial charge in [0, 0.05) is 34.5 Å². The first-order valence-corrected chi connectivity index (χ1v) is 15.2. The SMILES string of the molecule is COc1cc(C)c(C)c(OC)c1-c1c(C)nn(-c2[c-]c(Oc3[c-]c4c(cc3)c3ccccc3n4-c3cc(C)ccn3)ccc2)c1C.[Pd+2]. The second-order valence-corrected chi connectivity index (χ2v) is 11.5. The average molecular weight is 713 g/mol. The van der Waals surface area contributed by atoms with Crippen molar-refractivity contribution in [3.63, 3.8) is 0 Å². The summed E-state index contributed by atoms with van der Waals surface area (Å²) in [6.45, 7) is 10.2. The Morgan fingerprint density at radius 3 is 2.30 bits per heavy atom. The Balaban J connectivity index is 0.00000386. The summed E-state index contributed by atoms with van der Waals surface area (Å²) in [5, 5.41) is 7.14. The molecule has 4 aromatic carbocycles. The molecule has 0 aliphatic heterocycles. The van der Waals surface area contributed by atoms with E-state index in [1.165, 1.54) is 0 Å². The third-order valence-corrected chi connectivity index (χ3v) is 8.61. The van der Waals surface area contributed by atoms with E-state index in [4.69, 9.17) is 19.3 Å². The Kier molecular flexibility index (Phi) is 8.67. The number of hydrogen-bond acceptors (Lipinski definition) is 5. The van der Waals surface area contributed by atoms with Crippen LogP contribution in [0.15, 0.2) is 79.0 Å². The van der Waals surface area contributed by atoms with Gasteiger partial charge in [0.1, 0.15) is 17.3 Å². The summed E-state index contributed by atoms with van der Waals surface area (Å²) >= 11 is 0. The normalized spacial score (nSPS) is 11.1. The zero-order valence-corrected chi connectivity index (χ0v) is 28.9. The number of ether oxygens (including phenoxy) is 3. The standard InChI is InChI=1S/C39H34N4O3.Pd/c1-23-17-18-40-36(19-23)42-33-14-9-8-13-31(33)32-16-15-30(22-34(32)42)46-29-12-10-11-28(21-29)43-27(5)37(26(4)41-43)38-35(44-6)20-24(2)25(3)39(38)45-7;/h8-20H,1-7H3;/q-2;+2. The fourth-order valence-electron chi connectivity index (χ4n) is 6.30. The summed E-state index contributed by atoms with van der Waals surface area (Å²) in [5.74, 6) is 3.51. The third kappa shape index (κ3) is 5.48. The van der Waals surface area contributed by atoms with Crippen LogP contribution >= 0.6 is 0 Å². The number of aromatic nitrogens is 4. The third-order valence-electron chi connectivity index (χ3n) is 8.61. The van der Waals surface area contributed by atoms with E-state index in [9.17, 15) is 0 Å². The first kappa shape index (κ1) is 32.1. The molecule has 0 spiro atoms. The number of benzene rings is 4. The summed E-state index contributed by atoms with van der Waals surface area (Å²) < 4.78 is 22.2. The van der Waals surface area contributed by atoms with E-state index < -0.39 is 0 Å². The monoisotopic (exact) mass is 712 g/mol. The summed E-state index contributed by atoms with van der Waals surface area (Å²) in [6.07, 6.45) is 1.84. The predicted molar refractivity (Wildman–Crippen MR) is 182 cm³/mol. The second-order valence-electron chi connectivity index (χ2n) is 11.5. The van der Waals surface area contributed by atoms with E-state index in [0.29, 0.717) is 11.5 Å². The van der Waals surface area contributed by atoms with Crippen molar-refractivity contribution in [3.05, 3.63) is 119 Å². The van der Waals surface area contributed by atoms with Crippen LogP contribution in [-0.4, -0.2) is 33.6 Å². The molecule has 8 heteroatoms. The van der Waals surface area contributed by atoms with Crippen molar-refractivity contribution in [2.75, 3.05) is 14.2 Å². The number of pyridine rings is 1. The number of nitrogens with zero attached hydrogens (tertiary/aromatic N) is 4. The van der Waals surface area contributed by atoms with Gasteiger partial charge < -0.3 is 18.8 Å². The molecule has 3 aromatic heterocycles. The largest absolute Gasteiger partial charge is 2.00 e. The molecule has 0 saturated carbocycles. The van der Waals surface area contributed by atoms with Crippen molar-refractivity contribution in [3.8, 4) is 45.6 Å². The van der Waals surface area contributed by atoms with Crippen molar-refractivity contribution >= 4 is 21.8 Å². The van der Waals surface area contributed by atoms with E-state index in [-0.39, 0.29) is 20.4 Å². The van der Waals surface area contributed by atoms with Crippen molar-refractivity contribution in [1.29, 1.82) is 0 Å². The van der Waals surface area contributed by atoms with Gasteiger partial charge in [-0.15, -0.1) is 35.7 Å². The van der Waals surface area contributed by atoms with Gasteiger partial charge in [-0.1, -0.05) is 23.7 Å². The van der Waals surface area contributed by atoms with Crippen molar-refractivity contribution < 1.29 is 34.6 Å². The zero-order chi connectivity index (χ0) is 32.1. The summed E-state index contributed by atoms with van der Waals surface area (Å²) in [4.78, 5) is 4.68. The number of fused-ring (bicyclic) bond motifs is 3. The van der Waals surface area contributed by atoms with Crippen LogP contribution in [0.4, 0.5) is 0 Å². The van der Waals surface area contributed by atoms with Crippen LogP contribution in [0.2, 0.25) is 0 Å². The topological polar surface area (TPSA) is 63.3 Å². The van der Waals surface area contributed by atoms with Crippen LogP contribution in [0, 0.1) is 46.8 Å². The van der Waals surface area contributed by atoms with Gasteiger partial charge in [-0.2, -0.15) is 17.2 Å². The van der Waals surface area contributed by atoms with E-state index >= 15 is 0 Å². The van der Waals surface area contributed by atoms with E-state index in [1.807, 2.05) is 67.2 Å². The van der Waals surface area contributed by atoms with Gasteiger partial charge in [-0.3, -0.25) is 4.68 Å². The van der Waals surface area contributed by atoms with Gasteiger partial charge in [0.15, 0.2) is 0 Å². The average Bonchev–Trinajstić information content (AvgIpc) is 3.54. The minimum Gasteiger partial charge on any atom is -0.509 e. The van der Waals surface area contributed by atoms with Gasteiger partial charge in [0.25, 0.3) is 0 Å². The van der Waals surface area contributed by atoms with E-state index in [2.05, 4.69) is 72.8 Å². The molecule has 7 rings (SSSR count). The molecule has 7 nitrogen and oxygen atoms in total. The zero-order valence-electron chi connectivity index (χ0n) is 27.3. The molecule has 0 fully saturated rings. The van der Waals surface area contributed by atoms with Crippen molar-refractivity contribution in [2.45, 2.75) is 34.6 Å². The summed E-state index contributed by atoms with van der Waals surface area (Å²) in [7, 11) is 3.38. The van der Waals surface area contributed by atoms with Gasteiger partial charge in [0.05, 0.1) is 25.5 Å². The molecule has 238 valence electrons. The number of para-hydroxylation sites is 1. The maximum atomic E-state index is 6.40. The number of methoxy groups -OCH3 is 2. The molecule has 47 heavy (non-hydrogen) atoms. The second kappa shape index (κ2) is 12.7. The van der Waals surface area contributed by atoms with Gasteiger partial charge in [0.2, 0.25) is 0 Å². The van der Waals surface area contributed by atoms with Crippen molar-refractivity contribution in [1.82, 2.24) is 19.3 Å². The summed E-state index contributed by atoms with van der Waals surface area (Å²) in [5.41, 5.74) is 9.67. The van der Waals surface area contributed by atoms with Gasteiger partial charge >= 0.3 is 20.4 Å². The molecule has 0 bridgehead atoms. The minimum atomic E-state index is 0. The van der Waals surface area contributed by atoms with Crippen LogP contribution in [0.25, 0.3) is 44.4 Å². The van der Waals surface area contributed by atoms with Crippen LogP contribution in [0.3, 0.4) is 0 Å². The van der Waals surface area contributed by atoms with Crippen molar-refractivity contribution in [2.24, 2.45) is 0 Å². The maximum Gasteiger partial charge on any atom is 2.00 e. The molecule has 0 amide bonds. The molecular formula is C39H34N4O3Pd. The van der Waals surface area contributed by atoms with Crippen LogP contribution in [0.1, 0.15) is 28.1 Å². The molecule has 0 N–H and O–H groups in total. The molecule has 0 unspecified atom stereocenters. The number of hydrogen-bond donors (Lipinski definition) is 0. The minimum absolute atomic E-state index is 0. The molecule has 3 heterocycles. The molecule has 7 aromatic rings. The Hall–Kier alpha value is -4.90. The smallest absolute Gasteiger partial charge is 0.509 e. The first-order chi connectivity index (χ1) is 22.3. The molecule has 0 atom stereocenters. The maximum absolute atomic E-state index is 6.40. The molecule has 0 aliphatic rings. The van der Waals surface area contributed by atoms with Crippen LogP contribution < -0.4 is 14.2 Å². The fraction of sp³-hybridized carbons (Fsp3) is 0.179. The molecular weight excluding hydrogens is 679 g/mol. The Morgan fingerprint density at radius 1 is 0.745 bits per heavy atom.